The van der Waals surface area contributed by atoms with Crippen LogP contribution >= 0.6 is 0 Å². The van der Waals surface area contributed by atoms with Gasteiger partial charge in [0.2, 0.25) is 17.7 Å². The van der Waals surface area contributed by atoms with Gasteiger partial charge in [0.25, 0.3) is 0 Å². The molecule has 1 fully saturated rings. The molecule has 0 bridgehead atoms. The van der Waals surface area contributed by atoms with Crippen LogP contribution in [-0.4, -0.2) is 24.3 Å². The summed E-state index contributed by atoms with van der Waals surface area (Å²) in [7, 11) is 0. The fourth-order valence-corrected chi connectivity index (χ4v) is 2.95. The van der Waals surface area contributed by atoms with E-state index in [0.29, 0.717) is 37.2 Å². The molecule has 0 atom stereocenters. The number of amides is 3. The van der Waals surface area contributed by atoms with Gasteiger partial charge in [-0.1, -0.05) is 18.2 Å². The minimum Gasteiger partial charge on any atom is -0.355 e. The number of hydrogen-bond acceptors (Lipinski definition) is 3. The first-order chi connectivity index (χ1) is 13.4. The van der Waals surface area contributed by atoms with E-state index in [9.17, 15) is 18.8 Å². The first-order valence-corrected chi connectivity index (χ1v) is 9.11. The molecule has 1 aliphatic rings. The molecule has 1 saturated carbocycles. The van der Waals surface area contributed by atoms with E-state index in [2.05, 4.69) is 16.0 Å². The lowest BCUT2D eigenvalue weighted by atomic mass is 10.0. The van der Waals surface area contributed by atoms with Crippen LogP contribution in [0.4, 0.5) is 15.8 Å². The Kier molecular flexibility index (Phi) is 5.73. The van der Waals surface area contributed by atoms with Crippen molar-refractivity contribution in [3.05, 3.63) is 59.9 Å². The number of nitrogens with one attached hydrogen (secondary N) is 3. The van der Waals surface area contributed by atoms with Crippen molar-refractivity contribution in [2.75, 3.05) is 17.2 Å². The maximum absolute atomic E-state index is 12.9. The molecule has 0 saturated heterocycles. The van der Waals surface area contributed by atoms with Crippen LogP contribution in [0, 0.1) is 11.2 Å². The van der Waals surface area contributed by atoms with E-state index in [1.54, 1.807) is 36.4 Å². The maximum Gasteiger partial charge on any atom is 0.240 e. The van der Waals surface area contributed by atoms with Crippen molar-refractivity contribution >= 4 is 29.1 Å². The van der Waals surface area contributed by atoms with E-state index in [0.717, 1.165) is 5.56 Å². The Bertz CT molecular complexity index is 892. The van der Waals surface area contributed by atoms with Crippen LogP contribution in [0.2, 0.25) is 0 Å². The quantitative estimate of drug-likeness (QED) is 0.643. The van der Waals surface area contributed by atoms with Gasteiger partial charge in [-0.2, -0.15) is 0 Å². The Labute approximate surface area is 162 Å². The first kappa shape index (κ1) is 19.5. The third-order valence-corrected chi connectivity index (χ3v) is 4.67. The average Bonchev–Trinajstić information content (AvgIpc) is 3.45. The molecule has 6 nitrogen and oxygen atoms in total. The number of anilines is 2. The molecule has 2 aromatic carbocycles. The lowest BCUT2D eigenvalue weighted by Gasteiger charge is -2.16. The molecule has 1 aliphatic carbocycles. The molecule has 0 aliphatic heterocycles. The highest BCUT2D eigenvalue weighted by atomic mass is 19.1. The Morgan fingerprint density at radius 3 is 2.21 bits per heavy atom. The van der Waals surface area contributed by atoms with Crippen LogP contribution < -0.4 is 16.0 Å². The van der Waals surface area contributed by atoms with Crippen molar-refractivity contribution < 1.29 is 18.8 Å². The molecule has 28 heavy (non-hydrogen) atoms. The molecular formula is C21H22FN3O3. The predicted molar refractivity (Wildman–Crippen MR) is 104 cm³/mol. The number of carbonyl (C=O) groups is 3. The summed E-state index contributed by atoms with van der Waals surface area (Å²) in [5.41, 5.74) is 0.943. The van der Waals surface area contributed by atoms with Gasteiger partial charge in [-0.25, -0.2) is 4.39 Å². The molecule has 3 rings (SSSR count). The van der Waals surface area contributed by atoms with Crippen molar-refractivity contribution in [2.24, 2.45) is 5.41 Å². The molecule has 146 valence electrons. The summed E-state index contributed by atoms with van der Waals surface area (Å²) in [6.07, 6.45) is 1.54. The molecule has 2 aromatic rings. The van der Waals surface area contributed by atoms with Gasteiger partial charge in [0.1, 0.15) is 11.2 Å². The third kappa shape index (κ3) is 4.73. The molecule has 3 amide bonds. The van der Waals surface area contributed by atoms with Gasteiger partial charge in [-0.15, -0.1) is 0 Å². The largest absolute Gasteiger partial charge is 0.355 e. The summed E-state index contributed by atoms with van der Waals surface area (Å²) < 4.78 is 12.9. The second kappa shape index (κ2) is 8.21. The second-order valence-corrected chi connectivity index (χ2v) is 6.93. The third-order valence-electron chi connectivity index (χ3n) is 4.67. The Hall–Kier alpha value is -3.22. The monoisotopic (exact) mass is 383 g/mol. The van der Waals surface area contributed by atoms with Crippen molar-refractivity contribution in [3.8, 4) is 0 Å². The van der Waals surface area contributed by atoms with E-state index in [4.69, 9.17) is 0 Å². The Morgan fingerprint density at radius 2 is 1.61 bits per heavy atom. The van der Waals surface area contributed by atoms with Gasteiger partial charge in [-0.05, 0) is 55.2 Å². The zero-order valence-corrected chi connectivity index (χ0v) is 15.5. The number of hydrogen-bond donors (Lipinski definition) is 3. The summed E-state index contributed by atoms with van der Waals surface area (Å²) in [5, 5.41) is 8.21. The highest BCUT2D eigenvalue weighted by Gasteiger charge is 2.56. The van der Waals surface area contributed by atoms with Gasteiger partial charge < -0.3 is 16.0 Å². The number of carbonyl (C=O) groups excluding carboxylic acids is 3. The highest BCUT2D eigenvalue weighted by molar-refractivity contribution is 6.13. The van der Waals surface area contributed by atoms with Gasteiger partial charge in [-0.3, -0.25) is 14.4 Å². The van der Waals surface area contributed by atoms with Crippen molar-refractivity contribution in [2.45, 2.75) is 26.2 Å². The number of rotatable bonds is 7. The number of benzene rings is 2. The van der Waals surface area contributed by atoms with Gasteiger partial charge in [0.05, 0.1) is 0 Å². The van der Waals surface area contributed by atoms with Crippen molar-refractivity contribution in [1.29, 1.82) is 0 Å². The Morgan fingerprint density at radius 1 is 0.964 bits per heavy atom. The zero-order chi connectivity index (χ0) is 20.1. The fraction of sp³-hybridized carbons (Fsp3) is 0.286. The van der Waals surface area contributed by atoms with Crippen LogP contribution in [0.5, 0.6) is 0 Å². The Balaban J connectivity index is 1.55. The molecular weight excluding hydrogens is 361 g/mol. The standard InChI is InChI=1S/C21H22FN3O3/c1-14(26)24-17-3-2-4-18(13-17)25-20(28)21(10-11-21)19(27)23-12-9-15-5-7-16(22)8-6-15/h2-8,13H,9-12H2,1H3,(H,23,27)(H,24,26)(H,25,28). The molecule has 0 aromatic heterocycles. The molecule has 0 radical (unpaired) electrons. The van der Waals surface area contributed by atoms with Crippen molar-refractivity contribution in [1.82, 2.24) is 5.32 Å². The van der Waals surface area contributed by atoms with Gasteiger partial charge in [0, 0.05) is 24.8 Å². The minimum absolute atomic E-state index is 0.206. The van der Waals surface area contributed by atoms with E-state index in [1.807, 2.05) is 0 Å². The predicted octanol–water partition coefficient (Wildman–Crippen LogP) is 2.86. The highest BCUT2D eigenvalue weighted by Crippen LogP contribution is 2.46. The molecule has 7 heteroatoms. The summed E-state index contributed by atoms with van der Waals surface area (Å²) in [4.78, 5) is 36.3. The van der Waals surface area contributed by atoms with Crippen LogP contribution in [0.15, 0.2) is 48.5 Å². The van der Waals surface area contributed by atoms with Gasteiger partial charge >= 0.3 is 0 Å². The molecule has 0 heterocycles. The van der Waals surface area contributed by atoms with E-state index in [-0.39, 0.29) is 23.5 Å². The topological polar surface area (TPSA) is 87.3 Å². The van der Waals surface area contributed by atoms with Gasteiger partial charge in [0.15, 0.2) is 0 Å². The smallest absolute Gasteiger partial charge is 0.240 e. The maximum atomic E-state index is 12.9. The van der Waals surface area contributed by atoms with Crippen LogP contribution in [-0.2, 0) is 20.8 Å². The minimum atomic E-state index is -1.05. The normalized spacial score (nSPS) is 14.1. The summed E-state index contributed by atoms with van der Waals surface area (Å²) >= 11 is 0. The lowest BCUT2D eigenvalue weighted by molar-refractivity contribution is -0.134. The van der Waals surface area contributed by atoms with E-state index < -0.39 is 5.41 Å². The summed E-state index contributed by atoms with van der Waals surface area (Å²) in [6, 6.07) is 12.9. The zero-order valence-electron chi connectivity index (χ0n) is 15.5. The SMILES string of the molecule is CC(=O)Nc1cccc(NC(=O)C2(C(=O)NCCc3ccc(F)cc3)CC2)c1. The molecule has 0 spiro atoms. The van der Waals surface area contributed by atoms with Crippen LogP contribution in [0.1, 0.15) is 25.3 Å². The molecule has 3 N–H and O–H groups in total. The fourth-order valence-electron chi connectivity index (χ4n) is 2.95. The molecule has 0 unspecified atom stereocenters. The average molecular weight is 383 g/mol. The van der Waals surface area contributed by atoms with Crippen molar-refractivity contribution in [3.63, 3.8) is 0 Å². The lowest BCUT2D eigenvalue weighted by Crippen LogP contribution is -2.40. The second-order valence-electron chi connectivity index (χ2n) is 6.93. The van der Waals surface area contributed by atoms with E-state index >= 15 is 0 Å². The van der Waals surface area contributed by atoms with Crippen LogP contribution in [0.25, 0.3) is 0 Å². The number of halogens is 1. The van der Waals surface area contributed by atoms with Crippen LogP contribution in [0.3, 0.4) is 0 Å². The summed E-state index contributed by atoms with van der Waals surface area (Å²) in [6.45, 7) is 1.78. The first-order valence-electron chi connectivity index (χ1n) is 9.11. The summed E-state index contributed by atoms with van der Waals surface area (Å²) in [5.74, 6) is -1.16. The van der Waals surface area contributed by atoms with E-state index in [1.165, 1.54) is 19.1 Å².